The van der Waals surface area contributed by atoms with Gasteiger partial charge in [-0.05, 0) is 36.8 Å². The second-order valence-electron chi connectivity index (χ2n) is 5.96. The molecule has 0 radical (unpaired) electrons. The Morgan fingerprint density at radius 2 is 1.76 bits per heavy atom. The van der Waals surface area contributed by atoms with E-state index in [9.17, 15) is 9.67 Å². The van der Waals surface area contributed by atoms with E-state index < -0.39 is 13.2 Å². The van der Waals surface area contributed by atoms with E-state index in [0.29, 0.717) is 29.6 Å². The number of aliphatic hydroxyl groups excluding tert-OH is 1. The van der Waals surface area contributed by atoms with Crippen LogP contribution in [-0.4, -0.2) is 32.9 Å². The average molecular weight is 363 g/mol. The first-order valence-corrected chi connectivity index (χ1v) is 9.96. The number of benzene rings is 2. The van der Waals surface area contributed by atoms with Crippen LogP contribution in [-0.2, 0) is 9.09 Å². The molecular formula is C19H26NO4P. The first-order valence-electron chi connectivity index (χ1n) is 8.27. The molecule has 136 valence electrons. The van der Waals surface area contributed by atoms with Crippen molar-refractivity contribution >= 4 is 18.4 Å². The van der Waals surface area contributed by atoms with Crippen LogP contribution in [0.25, 0.3) is 0 Å². The monoisotopic (exact) mass is 363 g/mol. The fraction of sp³-hybridized carbons (Fsp3) is 0.368. The smallest absolute Gasteiger partial charge is 0.264 e. The lowest BCUT2D eigenvalue weighted by atomic mass is 10.2. The number of rotatable bonds is 8. The Morgan fingerprint density at radius 1 is 1.12 bits per heavy atom. The maximum atomic E-state index is 13.7. The Bertz CT molecular complexity index is 730. The second kappa shape index (κ2) is 8.52. The van der Waals surface area contributed by atoms with Crippen molar-refractivity contribution in [2.75, 3.05) is 32.7 Å². The van der Waals surface area contributed by atoms with E-state index in [1.165, 1.54) is 7.11 Å². The number of para-hydroxylation sites is 1. The van der Waals surface area contributed by atoms with Crippen LogP contribution in [0.5, 0.6) is 5.75 Å². The summed E-state index contributed by atoms with van der Waals surface area (Å²) in [7, 11) is 1.86. The normalized spacial score (nSPS) is 14.6. The third-order valence-corrected chi connectivity index (χ3v) is 6.46. The first kappa shape index (κ1) is 19.5. The topological polar surface area (TPSA) is 59.0 Å². The van der Waals surface area contributed by atoms with Crippen molar-refractivity contribution in [3.8, 4) is 5.75 Å². The molecule has 2 aromatic rings. The summed E-state index contributed by atoms with van der Waals surface area (Å²) in [6, 6.07) is 14.3. The minimum atomic E-state index is -3.53. The van der Waals surface area contributed by atoms with Gasteiger partial charge in [0.15, 0.2) is 5.85 Å². The van der Waals surface area contributed by atoms with Gasteiger partial charge in [0, 0.05) is 30.7 Å². The van der Waals surface area contributed by atoms with Crippen molar-refractivity contribution in [3.05, 3.63) is 54.1 Å². The molecule has 2 aromatic carbocycles. The van der Waals surface area contributed by atoms with Crippen LogP contribution in [0.4, 0.5) is 5.69 Å². The third kappa shape index (κ3) is 4.24. The summed E-state index contributed by atoms with van der Waals surface area (Å²) in [6.45, 7) is 2.24. The van der Waals surface area contributed by atoms with E-state index in [1.807, 2.05) is 38.1 Å². The maximum Gasteiger partial charge on any atom is 0.264 e. The fourth-order valence-corrected chi connectivity index (χ4v) is 4.71. The molecule has 0 aliphatic heterocycles. The number of nitrogens with zero attached hydrogens (tertiary/aromatic N) is 1. The van der Waals surface area contributed by atoms with Gasteiger partial charge < -0.3 is 19.3 Å². The van der Waals surface area contributed by atoms with Crippen LogP contribution < -0.4 is 14.9 Å². The van der Waals surface area contributed by atoms with Crippen LogP contribution >= 0.6 is 7.37 Å². The number of ether oxygens (including phenoxy) is 1. The van der Waals surface area contributed by atoms with Crippen LogP contribution in [0.3, 0.4) is 0 Å². The van der Waals surface area contributed by atoms with Crippen LogP contribution in [0, 0.1) is 0 Å². The number of methoxy groups -OCH3 is 1. The van der Waals surface area contributed by atoms with E-state index in [0.717, 1.165) is 5.69 Å². The molecule has 2 rings (SSSR count). The third-order valence-electron chi connectivity index (χ3n) is 3.95. The summed E-state index contributed by atoms with van der Waals surface area (Å²) in [4.78, 5) is 1.96. The van der Waals surface area contributed by atoms with E-state index in [-0.39, 0.29) is 0 Å². The molecule has 0 aliphatic rings. The van der Waals surface area contributed by atoms with Gasteiger partial charge in [0.25, 0.3) is 7.37 Å². The van der Waals surface area contributed by atoms with Crippen LogP contribution in [0.1, 0.15) is 24.8 Å². The SMILES string of the molecule is CCCO[P@@](=O)(c1ccc(N(C)C)cc1)[C@@H](O)c1ccccc1OC. The average Bonchev–Trinajstić information content (AvgIpc) is 2.65. The van der Waals surface area contributed by atoms with E-state index in [2.05, 4.69) is 0 Å². The lowest BCUT2D eigenvalue weighted by Crippen LogP contribution is -2.16. The van der Waals surface area contributed by atoms with Crippen molar-refractivity contribution in [1.82, 2.24) is 0 Å². The molecule has 1 N–H and O–H groups in total. The van der Waals surface area contributed by atoms with Crippen molar-refractivity contribution in [1.29, 1.82) is 0 Å². The van der Waals surface area contributed by atoms with Gasteiger partial charge in [0.2, 0.25) is 0 Å². The quantitative estimate of drug-likeness (QED) is 0.723. The first-order chi connectivity index (χ1) is 11.9. The summed E-state index contributed by atoms with van der Waals surface area (Å²) in [6.07, 6.45) is 0.707. The molecule has 0 aliphatic carbocycles. The Balaban J connectivity index is 2.47. The summed E-state index contributed by atoms with van der Waals surface area (Å²) in [5.41, 5.74) is 1.44. The van der Waals surface area contributed by atoms with Gasteiger partial charge in [0.1, 0.15) is 5.75 Å². The Morgan fingerprint density at radius 3 is 2.32 bits per heavy atom. The van der Waals surface area contributed by atoms with Gasteiger partial charge in [-0.3, -0.25) is 4.57 Å². The number of hydrogen-bond donors (Lipinski definition) is 1. The van der Waals surface area contributed by atoms with E-state index >= 15 is 0 Å². The van der Waals surface area contributed by atoms with Gasteiger partial charge in [-0.15, -0.1) is 0 Å². The second-order valence-corrected chi connectivity index (χ2v) is 8.41. The zero-order valence-corrected chi connectivity index (χ0v) is 16.1. The summed E-state index contributed by atoms with van der Waals surface area (Å²) >= 11 is 0. The van der Waals surface area contributed by atoms with Crippen molar-refractivity contribution in [3.63, 3.8) is 0 Å². The lowest BCUT2D eigenvalue weighted by molar-refractivity contribution is 0.210. The molecule has 5 nitrogen and oxygen atoms in total. The maximum absolute atomic E-state index is 13.7. The summed E-state index contributed by atoms with van der Waals surface area (Å²) in [5.74, 6) is -0.805. The van der Waals surface area contributed by atoms with Crippen molar-refractivity contribution < 1.29 is 18.9 Å². The number of hydrogen-bond acceptors (Lipinski definition) is 5. The zero-order chi connectivity index (χ0) is 18.4. The Hall–Kier alpha value is -1.81. The van der Waals surface area contributed by atoms with Crippen LogP contribution in [0.15, 0.2) is 48.5 Å². The molecule has 0 fully saturated rings. The molecule has 0 aromatic heterocycles. The summed E-state index contributed by atoms with van der Waals surface area (Å²) < 4.78 is 24.7. The molecule has 0 saturated heterocycles. The van der Waals surface area contributed by atoms with Crippen LogP contribution in [0.2, 0.25) is 0 Å². The van der Waals surface area contributed by atoms with Gasteiger partial charge in [0.05, 0.1) is 13.7 Å². The minimum absolute atomic E-state index is 0.304. The van der Waals surface area contributed by atoms with E-state index in [1.54, 1.807) is 36.4 Å². The largest absolute Gasteiger partial charge is 0.496 e. The molecule has 0 unspecified atom stereocenters. The highest BCUT2D eigenvalue weighted by molar-refractivity contribution is 7.67. The van der Waals surface area contributed by atoms with Gasteiger partial charge in [-0.25, -0.2) is 0 Å². The Kier molecular flexibility index (Phi) is 6.65. The van der Waals surface area contributed by atoms with E-state index in [4.69, 9.17) is 9.26 Å². The molecule has 0 spiro atoms. The molecule has 2 atom stereocenters. The fourth-order valence-electron chi connectivity index (χ4n) is 2.53. The molecular weight excluding hydrogens is 337 g/mol. The molecule has 0 heterocycles. The minimum Gasteiger partial charge on any atom is -0.496 e. The zero-order valence-electron chi connectivity index (χ0n) is 15.2. The van der Waals surface area contributed by atoms with Gasteiger partial charge >= 0.3 is 0 Å². The van der Waals surface area contributed by atoms with Crippen molar-refractivity contribution in [2.24, 2.45) is 0 Å². The molecule has 0 saturated carbocycles. The van der Waals surface area contributed by atoms with Crippen molar-refractivity contribution in [2.45, 2.75) is 19.2 Å². The number of aliphatic hydroxyl groups is 1. The molecule has 6 heteroatoms. The molecule has 0 amide bonds. The highest BCUT2D eigenvalue weighted by atomic mass is 31.2. The Labute approximate surface area is 149 Å². The predicted molar refractivity (Wildman–Crippen MR) is 102 cm³/mol. The molecule has 0 bridgehead atoms. The van der Waals surface area contributed by atoms with Gasteiger partial charge in [-0.1, -0.05) is 25.1 Å². The number of anilines is 1. The highest BCUT2D eigenvalue weighted by Gasteiger charge is 2.37. The van der Waals surface area contributed by atoms with Gasteiger partial charge in [-0.2, -0.15) is 0 Å². The highest BCUT2D eigenvalue weighted by Crippen LogP contribution is 2.59. The lowest BCUT2D eigenvalue weighted by Gasteiger charge is -2.26. The predicted octanol–water partition coefficient (Wildman–Crippen LogP) is 3.78. The summed E-state index contributed by atoms with van der Waals surface area (Å²) in [5, 5.41) is 11.4. The standard InChI is InChI=1S/C19H26NO4P/c1-5-14-24-25(22,16-12-10-15(11-13-16)20(2)3)19(21)17-8-6-7-9-18(17)23-4/h6-13,19,21H,5,14H2,1-4H3/t19-,25+/m1/s1. The molecule has 25 heavy (non-hydrogen) atoms.